The normalized spacial score (nSPS) is 28.9. The Morgan fingerprint density at radius 2 is 1.91 bits per heavy atom. The highest BCUT2D eigenvalue weighted by Gasteiger charge is 2.78. The molecule has 5 rings (SSSR count). The first-order chi connectivity index (χ1) is 15.8. The van der Waals surface area contributed by atoms with Crippen molar-refractivity contribution < 1.29 is 14.3 Å². The Labute approximate surface area is 203 Å². The molecule has 33 heavy (non-hydrogen) atoms. The maximum atomic E-state index is 14.4. The molecular formula is C25H25N3O3S2. The Kier molecular flexibility index (Phi) is 5.15. The average Bonchev–Trinajstić information content (AvgIpc) is 3.33. The summed E-state index contributed by atoms with van der Waals surface area (Å²) in [4.78, 5) is 33.9. The monoisotopic (exact) mass is 479 g/mol. The number of ether oxygens (including phenoxy) is 1. The molecule has 0 aliphatic carbocycles. The maximum absolute atomic E-state index is 14.4. The van der Waals surface area contributed by atoms with Crippen molar-refractivity contribution in [3.63, 3.8) is 0 Å². The van der Waals surface area contributed by atoms with Crippen LogP contribution in [-0.2, 0) is 15.1 Å². The van der Waals surface area contributed by atoms with Crippen LogP contribution in [-0.4, -0.2) is 65.0 Å². The fraction of sp³-hybridized carbons (Fsp3) is 0.320. The van der Waals surface area contributed by atoms with E-state index < -0.39 is 10.3 Å². The van der Waals surface area contributed by atoms with E-state index in [0.717, 1.165) is 16.8 Å². The van der Waals surface area contributed by atoms with Crippen LogP contribution in [0.5, 0.6) is 5.75 Å². The van der Waals surface area contributed by atoms with E-state index in [-0.39, 0.29) is 17.7 Å². The molecule has 3 aliphatic heterocycles. The van der Waals surface area contributed by atoms with Gasteiger partial charge in [0.05, 0.1) is 7.11 Å². The molecule has 0 saturated carbocycles. The summed E-state index contributed by atoms with van der Waals surface area (Å²) in [7, 11) is 5.30. The number of carbonyl (C=O) groups excluding carboxylic acids is 2. The molecule has 2 aromatic carbocycles. The second kappa shape index (κ2) is 7.68. The van der Waals surface area contributed by atoms with Gasteiger partial charge in [-0.2, -0.15) is 0 Å². The Morgan fingerprint density at radius 3 is 2.58 bits per heavy atom. The first-order valence-electron chi connectivity index (χ1n) is 10.7. The van der Waals surface area contributed by atoms with E-state index in [4.69, 9.17) is 17.0 Å². The molecule has 170 valence electrons. The van der Waals surface area contributed by atoms with Gasteiger partial charge in [0.25, 0.3) is 5.91 Å². The van der Waals surface area contributed by atoms with Crippen LogP contribution in [0.4, 0.5) is 5.69 Å². The number of likely N-dealkylation sites (N-methyl/N-ethyl adjacent to an activating group) is 2. The number of carbonyl (C=O) groups is 2. The Morgan fingerprint density at radius 1 is 1.18 bits per heavy atom. The molecule has 0 N–H and O–H groups in total. The first-order valence-corrected chi connectivity index (χ1v) is 12.0. The number of methoxy groups -OCH3 is 1. The quantitative estimate of drug-likeness (QED) is 0.495. The predicted octanol–water partition coefficient (Wildman–Crippen LogP) is 3.38. The van der Waals surface area contributed by atoms with Gasteiger partial charge >= 0.3 is 0 Å². The highest BCUT2D eigenvalue weighted by molar-refractivity contribution is 8.25. The van der Waals surface area contributed by atoms with Gasteiger partial charge in [-0.3, -0.25) is 19.4 Å². The Balaban J connectivity index is 1.84. The SMILES string of the molecule is C=CCN1C(=O)C2(SC1=S)C(c1ccccc1)CN(C)C21C(=O)N(C)c2ccc(OC)cc21. The van der Waals surface area contributed by atoms with Gasteiger partial charge < -0.3 is 9.64 Å². The van der Waals surface area contributed by atoms with Gasteiger partial charge in [0.1, 0.15) is 14.8 Å². The minimum atomic E-state index is -1.23. The lowest BCUT2D eigenvalue weighted by Gasteiger charge is -2.42. The lowest BCUT2D eigenvalue weighted by molar-refractivity contribution is -0.138. The summed E-state index contributed by atoms with van der Waals surface area (Å²) in [5, 5.41) is 0. The third-order valence-electron chi connectivity index (χ3n) is 7.17. The summed E-state index contributed by atoms with van der Waals surface area (Å²) in [6.07, 6.45) is 1.67. The number of benzene rings is 2. The minimum absolute atomic E-state index is 0.129. The average molecular weight is 480 g/mol. The smallest absolute Gasteiger partial charge is 0.254 e. The van der Waals surface area contributed by atoms with Crippen molar-refractivity contribution in [1.29, 1.82) is 0 Å². The van der Waals surface area contributed by atoms with E-state index in [1.807, 2.05) is 60.5 Å². The van der Waals surface area contributed by atoms with Crippen molar-refractivity contribution in [3.8, 4) is 5.75 Å². The van der Waals surface area contributed by atoms with Gasteiger partial charge in [-0.1, -0.05) is 60.4 Å². The number of thiocarbonyl (C=S) groups is 1. The summed E-state index contributed by atoms with van der Waals surface area (Å²) in [6.45, 7) is 4.65. The molecule has 2 amide bonds. The van der Waals surface area contributed by atoms with Gasteiger partial charge in [0.2, 0.25) is 5.91 Å². The highest BCUT2D eigenvalue weighted by Crippen LogP contribution is 2.66. The lowest BCUT2D eigenvalue weighted by atomic mass is 9.72. The van der Waals surface area contributed by atoms with E-state index in [0.29, 0.717) is 23.2 Å². The number of hydrogen-bond donors (Lipinski definition) is 0. The number of likely N-dealkylation sites (tertiary alicyclic amines) is 1. The number of nitrogens with zero attached hydrogens (tertiary/aromatic N) is 3. The highest BCUT2D eigenvalue weighted by atomic mass is 32.2. The third kappa shape index (κ3) is 2.62. The van der Waals surface area contributed by atoms with E-state index in [1.54, 1.807) is 30.0 Å². The number of fused-ring (bicyclic) bond motifs is 3. The molecule has 3 aliphatic rings. The minimum Gasteiger partial charge on any atom is -0.497 e. The fourth-order valence-corrected chi connectivity index (χ4v) is 7.92. The molecule has 0 bridgehead atoms. The molecule has 3 unspecified atom stereocenters. The summed E-state index contributed by atoms with van der Waals surface area (Å²) < 4.78 is 4.84. The van der Waals surface area contributed by atoms with Gasteiger partial charge in [0.15, 0.2) is 5.54 Å². The molecule has 2 saturated heterocycles. The topological polar surface area (TPSA) is 53.1 Å². The summed E-state index contributed by atoms with van der Waals surface area (Å²) in [6, 6.07) is 15.6. The van der Waals surface area contributed by atoms with Crippen LogP contribution < -0.4 is 9.64 Å². The second-order valence-electron chi connectivity index (χ2n) is 8.61. The molecule has 2 aromatic rings. The number of rotatable bonds is 4. The number of thioether (sulfide) groups is 1. The van der Waals surface area contributed by atoms with Crippen molar-refractivity contribution in [2.75, 3.05) is 39.2 Å². The van der Waals surface area contributed by atoms with E-state index in [1.165, 1.54) is 11.8 Å². The fourth-order valence-electron chi connectivity index (χ4n) is 5.78. The van der Waals surface area contributed by atoms with Crippen molar-refractivity contribution >= 4 is 45.8 Å². The molecule has 2 fully saturated rings. The number of amides is 2. The van der Waals surface area contributed by atoms with Crippen LogP contribution in [0.25, 0.3) is 0 Å². The molecule has 6 nitrogen and oxygen atoms in total. The van der Waals surface area contributed by atoms with E-state index >= 15 is 0 Å². The van der Waals surface area contributed by atoms with Gasteiger partial charge in [0, 0.05) is 37.3 Å². The maximum Gasteiger partial charge on any atom is 0.254 e. The molecule has 0 radical (unpaired) electrons. The zero-order valence-corrected chi connectivity index (χ0v) is 20.4. The van der Waals surface area contributed by atoms with Gasteiger partial charge in [-0.15, -0.1) is 6.58 Å². The van der Waals surface area contributed by atoms with E-state index in [9.17, 15) is 9.59 Å². The largest absolute Gasteiger partial charge is 0.497 e. The predicted molar refractivity (Wildman–Crippen MR) is 135 cm³/mol. The van der Waals surface area contributed by atoms with Crippen molar-refractivity contribution in [3.05, 3.63) is 72.3 Å². The molecule has 0 aromatic heterocycles. The molecule has 8 heteroatoms. The van der Waals surface area contributed by atoms with Crippen molar-refractivity contribution in [1.82, 2.24) is 9.80 Å². The Hall–Kier alpha value is -2.68. The van der Waals surface area contributed by atoms with Gasteiger partial charge in [-0.25, -0.2) is 0 Å². The number of hydrogen-bond acceptors (Lipinski definition) is 6. The lowest BCUT2D eigenvalue weighted by Crippen LogP contribution is -2.62. The zero-order valence-electron chi connectivity index (χ0n) is 18.8. The van der Waals surface area contributed by atoms with Crippen LogP contribution in [0.3, 0.4) is 0 Å². The molecular weight excluding hydrogens is 454 g/mol. The van der Waals surface area contributed by atoms with Gasteiger partial charge in [-0.05, 0) is 30.8 Å². The first kappa shape index (κ1) is 22.1. The second-order valence-corrected chi connectivity index (χ2v) is 10.5. The van der Waals surface area contributed by atoms with Crippen LogP contribution in [0.2, 0.25) is 0 Å². The van der Waals surface area contributed by atoms with E-state index in [2.05, 4.69) is 6.58 Å². The molecule has 3 atom stereocenters. The van der Waals surface area contributed by atoms with Crippen molar-refractivity contribution in [2.45, 2.75) is 16.2 Å². The molecule has 3 heterocycles. The standard InChI is InChI=1S/C25H25N3O3S2/c1-5-13-28-22(30)25(33-23(28)32)19(16-9-7-6-8-10-16)15-26(2)24(25)18-14-17(31-4)11-12-20(18)27(3)21(24)29/h5-12,14,19H,1,13,15H2,2-4H3. The number of anilines is 1. The van der Waals surface area contributed by atoms with Crippen LogP contribution >= 0.6 is 24.0 Å². The summed E-state index contributed by atoms with van der Waals surface area (Å²) in [5.41, 5.74) is 1.34. The van der Waals surface area contributed by atoms with Crippen LogP contribution in [0, 0.1) is 0 Å². The zero-order chi connectivity index (χ0) is 23.5. The summed E-state index contributed by atoms with van der Waals surface area (Å²) >= 11 is 7.07. The Bertz CT molecular complexity index is 1190. The van der Waals surface area contributed by atoms with Crippen molar-refractivity contribution in [2.24, 2.45) is 0 Å². The third-order valence-corrected chi connectivity index (χ3v) is 9.11. The molecule has 2 spiro atoms. The summed E-state index contributed by atoms with van der Waals surface area (Å²) in [5.74, 6) is 0.121. The van der Waals surface area contributed by atoms with Crippen LogP contribution in [0.15, 0.2) is 61.2 Å². The van der Waals surface area contributed by atoms with Crippen LogP contribution in [0.1, 0.15) is 17.0 Å².